The van der Waals surface area contributed by atoms with Gasteiger partial charge in [0.2, 0.25) is 0 Å². The predicted molar refractivity (Wildman–Crippen MR) is 179 cm³/mol. The quantitative estimate of drug-likeness (QED) is 0.435. The van der Waals surface area contributed by atoms with Gasteiger partial charge in [0, 0.05) is 82.2 Å². The fourth-order valence-corrected chi connectivity index (χ4v) is 8.74. The molecule has 0 aromatic heterocycles. The molecule has 5 aliphatic heterocycles. The normalized spacial score (nSPS) is 25.0. The van der Waals surface area contributed by atoms with E-state index in [0.717, 1.165) is 48.3 Å². The summed E-state index contributed by atoms with van der Waals surface area (Å²) in [6.07, 6.45) is 2.78. The number of piperazine rings is 1. The lowest BCUT2D eigenvalue weighted by Gasteiger charge is -2.44. The van der Waals surface area contributed by atoms with E-state index in [1.807, 2.05) is 42.2 Å². The maximum Gasteiger partial charge on any atom is 0.412 e. The van der Waals surface area contributed by atoms with Crippen LogP contribution in [0, 0.1) is 0 Å². The molecule has 0 radical (unpaired) electrons. The Labute approximate surface area is 281 Å². The highest BCUT2D eigenvalue weighted by Crippen LogP contribution is 2.43. The van der Waals surface area contributed by atoms with Crippen molar-refractivity contribution in [2.45, 2.75) is 81.7 Å². The molecule has 2 aromatic carbocycles. The third-order valence-corrected chi connectivity index (χ3v) is 11.5. The number of hydrogen-bond acceptors (Lipinski definition) is 8. The molecule has 5 heterocycles. The SMILES string of the molecule is CCc1cc(C[C@@H](OC(=O)N2CCC3(CC2)OC(=O)Nc2ccccc23)C(=O)N2CCC(N3CC4CC3CN4C)CC2)cc(Cl)c1N. The molecule has 3 amide bonds. The number of likely N-dealkylation sites (N-methyl/N-ethyl adjacent to an activating group) is 1. The lowest BCUT2D eigenvalue weighted by molar-refractivity contribution is -0.143. The summed E-state index contributed by atoms with van der Waals surface area (Å²) in [4.78, 5) is 48.8. The topological polar surface area (TPSA) is 121 Å². The van der Waals surface area contributed by atoms with Gasteiger partial charge in [0.15, 0.2) is 6.10 Å². The van der Waals surface area contributed by atoms with Crippen LogP contribution in [-0.4, -0.2) is 108 Å². The smallest absolute Gasteiger partial charge is 0.412 e. The molecule has 0 saturated carbocycles. The summed E-state index contributed by atoms with van der Waals surface area (Å²) in [7, 11) is 2.21. The second-order valence-electron chi connectivity index (χ2n) is 13.9. The van der Waals surface area contributed by atoms with Crippen LogP contribution in [0.3, 0.4) is 0 Å². The summed E-state index contributed by atoms with van der Waals surface area (Å²) in [6.45, 7) is 6.15. The maximum absolute atomic E-state index is 14.1. The zero-order valence-electron chi connectivity index (χ0n) is 27.3. The molecule has 47 heavy (non-hydrogen) atoms. The molecule has 7 rings (SSSR count). The molecule has 2 aromatic rings. The molecule has 4 saturated heterocycles. The molecule has 1 spiro atoms. The Hall–Kier alpha value is -3.54. The number of para-hydroxylation sites is 1. The number of anilines is 2. The van der Waals surface area contributed by atoms with E-state index >= 15 is 0 Å². The minimum atomic E-state index is -1.01. The minimum absolute atomic E-state index is 0.180. The molecule has 11 nitrogen and oxygen atoms in total. The number of nitrogen functional groups attached to an aromatic ring is 1. The largest absolute Gasteiger partial charge is 0.438 e. The summed E-state index contributed by atoms with van der Waals surface area (Å²) in [5.74, 6) is -0.180. The Morgan fingerprint density at radius 1 is 1.06 bits per heavy atom. The number of amides is 3. The van der Waals surface area contributed by atoms with Crippen molar-refractivity contribution in [3.05, 3.63) is 58.1 Å². The minimum Gasteiger partial charge on any atom is -0.438 e. The number of nitrogens with two attached hydrogens (primary N) is 1. The molecule has 0 aliphatic carbocycles. The first kappa shape index (κ1) is 32.0. The van der Waals surface area contributed by atoms with E-state index in [-0.39, 0.29) is 12.3 Å². The Morgan fingerprint density at radius 3 is 2.49 bits per heavy atom. The van der Waals surface area contributed by atoms with Crippen LogP contribution in [0.4, 0.5) is 21.0 Å². The number of aryl methyl sites for hydroxylation is 1. The van der Waals surface area contributed by atoms with Crippen molar-refractivity contribution < 1.29 is 23.9 Å². The first-order valence-corrected chi connectivity index (χ1v) is 17.4. The number of hydrogen-bond donors (Lipinski definition) is 2. The van der Waals surface area contributed by atoms with Crippen LogP contribution in [0.5, 0.6) is 0 Å². The second-order valence-corrected chi connectivity index (χ2v) is 14.3. The zero-order chi connectivity index (χ0) is 32.9. The number of rotatable bonds is 6. The summed E-state index contributed by atoms with van der Waals surface area (Å²) >= 11 is 6.48. The molecule has 2 bridgehead atoms. The van der Waals surface area contributed by atoms with E-state index in [9.17, 15) is 14.4 Å². The van der Waals surface area contributed by atoms with Crippen molar-refractivity contribution in [3.8, 4) is 0 Å². The number of piperidine rings is 2. The van der Waals surface area contributed by atoms with Crippen LogP contribution in [0.2, 0.25) is 5.02 Å². The zero-order valence-corrected chi connectivity index (χ0v) is 28.0. The van der Waals surface area contributed by atoms with Crippen LogP contribution in [0.15, 0.2) is 36.4 Å². The number of nitrogens with one attached hydrogen (secondary N) is 1. The lowest BCUT2D eigenvalue weighted by Crippen LogP contribution is -2.55. The first-order valence-electron chi connectivity index (χ1n) is 17.0. The number of likely N-dealkylation sites (tertiary alicyclic amines) is 4. The van der Waals surface area contributed by atoms with E-state index in [0.29, 0.717) is 74.3 Å². The fraction of sp³-hybridized carbons (Fsp3) is 0.571. The molecular weight excluding hydrogens is 620 g/mol. The number of carbonyl (C=O) groups is 3. The molecule has 5 aliphatic rings. The van der Waals surface area contributed by atoms with Gasteiger partial charge < -0.3 is 29.9 Å². The van der Waals surface area contributed by atoms with Gasteiger partial charge in [-0.3, -0.25) is 15.0 Å². The van der Waals surface area contributed by atoms with Crippen molar-refractivity contribution in [2.75, 3.05) is 57.4 Å². The highest BCUT2D eigenvalue weighted by atomic mass is 35.5. The molecule has 2 unspecified atom stereocenters. The molecule has 12 heteroatoms. The van der Waals surface area contributed by atoms with Crippen LogP contribution in [0.25, 0.3) is 0 Å². The van der Waals surface area contributed by atoms with Crippen LogP contribution >= 0.6 is 11.6 Å². The Balaban J connectivity index is 1.04. The van der Waals surface area contributed by atoms with Gasteiger partial charge in [-0.2, -0.15) is 0 Å². The van der Waals surface area contributed by atoms with Crippen molar-refractivity contribution in [1.82, 2.24) is 19.6 Å². The Morgan fingerprint density at radius 2 is 1.81 bits per heavy atom. The number of carbonyl (C=O) groups excluding carboxylic acids is 3. The van der Waals surface area contributed by atoms with Crippen molar-refractivity contribution >= 4 is 41.1 Å². The van der Waals surface area contributed by atoms with Crippen molar-refractivity contribution in [3.63, 3.8) is 0 Å². The van der Waals surface area contributed by atoms with E-state index in [1.54, 1.807) is 11.0 Å². The average molecular weight is 665 g/mol. The van der Waals surface area contributed by atoms with E-state index in [2.05, 4.69) is 22.2 Å². The van der Waals surface area contributed by atoms with Gasteiger partial charge >= 0.3 is 12.2 Å². The van der Waals surface area contributed by atoms with Gasteiger partial charge in [-0.1, -0.05) is 42.8 Å². The summed E-state index contributed by atoms with van der Waals surface area (Å²) < 4.78 is 11.9. The molecule has 3 atom stereocenters. The van der Waals surface area contributed by atoms with Crippen LogP contribution in [-0.2, 0) is 32.7 Å². The fourth-order valence-electron chi connectivity index (χ4n) is 8.48. The number of fused-ring (bicyclic) bond motifs is 4. The summed E-state index contributed by atoms with van der Waals surface area (Å²) in [6, 6.07) is 13.1. The van der Waals surface area contributed by atoms with Crippen molar-refractivity contribution in [1.29, 1.82) is 0 Å². The predicted octanol–water partition coefficient (Wildman–Crippen LogP) is 4.47. The Kier molecular flexibility index (Phi) is 8.73. The molecular formula is C35H45ClN6O5. The number of halogens is 1. The molecule has 4 fully saturated rings. The van der Waals surface area contributed by atoms with Gasteiger partial charge in [-0.25, -0.2) is 9.59 Å². The van der Waals surface area contributed by atoms with Gasteiger partial charge in [0.1, 0.15) is 5.60 Å². The maximum atomic E-state index is 14.1. The van der Waals surface area contributed by atoms with E-state index < -0.39 is 23.9 Å². The van der Waals surface area contributed by atoms with E-state index in [4.69, 9.17) is 26.8 Å². The summed E-state index contributed by atoms with van der Waals surface area (Å²) in [5, 5.41) is 3.20. The van der Waals surface area contributed by atoms with Gasteiger partial charge in [-0.05, 0) is 56.0 Å². The standard InChI is InChI=1S/C35H45ClN6O5/c1-3-23-16-22(17-28(36)31(23)37)18-30(32(43)40-12-8-24(9-13-40)42-21-25-19-26(42)20-39(25)2)46-34(45)41-14-10-35(11-15-41)27-6-4-5-7-29(27)38-33(44)47-35/h4-7,16-17,24-26,30H,3,8-15,18-21,37H2,1-2H3,(H,38,44)/t25?,26?,30-/m1/s1. The summed E-state index contributed by atoms with van der Waals surface area (Å²) in [5.41, 5.74) is 9.26. The van der Waals surface area contributed by atoms with Crippen LogP contribution in [0.1, 0.15) is 55.7 Å². The van der Waals surface area contributed by atoms with Crippen LogP contribution < -0.4 is 11.1 Å². The number of ether oxygens (including phenoxy) is 2. The van der Waals surface area contributed by atoms with Gasteiger partial charge in [-0.15, -0.1) is 0 Å². The van der Waals surface area contributed by atoms with Crippen molar-refractivity contribution in [2.24, 2.45) is 0 Å². The third-order valence-electron chi connectivity index (χ3n) is 11.2. The van der Waals surface area contributed by atoms with Gasteiger partial charge in [0.25, 0.3) is 5.91 Å². The molecule has 252 valence electrons. The highest BCUT2D eigenvalue weighted by molar-refractivity contribution is 6.33. The Bertz CT molecular complexity index is 1540. The lowest BCUT2D eigenvalue weighted by atomic mass is 9.82. The van der Waals surface area contributed by atoms with E-state index in [1.165, 1.54) is 6.42 Å². The number of benzene rings is 2. The first-order chi connectivity index (χ1) is 22.6. The highest BCUT2D eigenvalue weighted by Gasteiger charge is 2.47. The second kappa shape index (κ2) is 12.8. The third kappa shape index (κ3) is 6.13. The monoisotopic (exact) mass is 664 g/mol. The average Bonchev–Trinajstić information content (AvgIpc) is 3.66. The van der Waals surface area contributed by atoms with Gasteiger partial charge in [0.05, 0.1) is 16.4 Å². The number of nitrogens with zero attached hydrogens (tertiary/aromatic N) is 4. The molecule has 3 N–H and O–H groups in total.